The summed E-state index contributed by atoms with van der Waals surface area (Å²) in [4.78, 5) is 24.0. The number of ether oxygens (including phenoxy) is 3. The van der Waals surface area contributed by atoms with Crippen LogP contribution >= 0.6 is 0 Å². The summed E-state index contributed by atoms with van der Waals surface area (Å²) in [5, 5.41) is 1.84. The van der Waals surface area contributed by atoms with Crippen molar-refractivity contribution in [1.82, 2.24) is 0 Å². The second kappa shape index (κ2) is 9.33. The first-order valence-electron chi connectivity index (χ1n) is 10.8. The van der Waals surface area contributed by atoms with E-state index < -0.39 is 41.3 Å². The van der Waals surface area contributed by atoms with Gasteiger partial charge < -0.3 is 19.5 Å². The number of benzene rings is 2. The van der Waals surface area contributed by atoms with Gasteiger partial charge in [-0.25, -0.2) is 4.39 Å². The van der Waals surface area contributed by atoms with Gasteiger partial charge in [0.15, 0.2) is 0 Å². The molecule has 1 aliphatic heterocycles. The van der Waals surface area contributed by atoms with Crippen LogP contribution in [-0.2, 0) is 19.1 Å². The molecule has 6 nitrogen and oxygen atoms in total. The van der Waals surface area contributed by atoms with Crippen molar-refractivity contribution in [3.8, 4) is 5.75 Å². The smallest absolute Gasteiger partial charge is 0.471 e. The van der Waals surface area contributed by atoms with Crippen LogP contribution in [0.1, 0.15) is 29.9 Å². The molecular weight excluding hydrogens is 470 g/mol. The van der Waals surface area contributed by atoms with E-state index in [-0.39, 0.29) is 12.3 Å². The Balaban J connectivity index is 1.73. The number of hydrogen-bond donors (Lipinski definition) is 1. The molecule has 3 atom stereocenters. The molecular formula is C25H23F4NO5. The van der Waals surface area contributed by atoms with Crippen LogP contribution in [-0.4, -0.2) is 44.5 Å². The molecule has 1 amide bonds. The van der Waals surface area contributed by atoms with Crippen LogP contribution in [0.4, 0.5) is 23.2 Å². The number of carbonyl (C=O) groups excluding carboxylic acids is 2. The fraction of sp³-hybridized carbons (Fsp3) is 0.360. The monoisotopic (exact) mass is 493 g/mol. The molecule has 1 spiro atoms. The summed E-state index contributed by atoms with van der Waals surface area (Å²) in [7, 11) is 2.72. The minimum absolute atomic E-state index is 0.0566. The summed E-state index contributed by atoms with van der Waals surface area (Å²) < 4.78 is 68.4. The second-order valence-corrected chi connectivity index (χ2v) is 8.48. The molecule has 3 unspecified atom stereocenters. The number of amides is 1. The van der Waals surface area contributed by atoms with Gasteiger partial charge in [0.05, 0.1) is 32.3 Å². The highest BCUT2D eigenvalue weighted by Gasteiger charge is 2.54. The SMILES string of the molecule is COC(=O)C1CCC2(C=C(c3cc(NC(=O)C(F)(F)F)ccc3OC)CO2)C1c1ccc(F)cc1. The van der Waals surface area contributed by atoms with Gasteiger partial charge in [0.25, 0.3) is 0 Å². The first kappa shape index (κ1) is 24.7. The third-order valence-electron chi connectivity index (χ3n) is 6.48. The summed E-state index contributed by atoms with van der Waals surface area (Å²) in [6.07, 6.45) is -2.24. The Labute approximate surface area is 198 Å². The van der Waals surface area contributed by atoms with E-state index in [0.717, 1.165) is 0 Å². The Morgan fingerprint density at radius 3 is 2.46 bits per heavy atom. The van der Waals surface area contributed by atoms with Gasteiger partial charge in [-0.05, 0) is 60.4 Å². The molecule has 2 aliphatic rings. The Morgan fingerprint density at radius 2 is 1.83 bits per heavy atom. The zero-order valence-electron chi connectivity index (χ0n) is 18.9. The van der Waals surface area contributed by atoms with Crippen LogP contribution < -0.4 is 10.1 Å². The standard InChI is InChI=1S/C25H23F4NO5/c1-33-20-8-7-17(30-23(32)25(27,28)29)11-19(20)15-12-24(35-13-15)10-9-18(22(31)34-2)21(24)14-3-5-16(26)6-4-14/h3-8,11-12,18,21H,9-10,13H2,1-2H3,(H,30,32). The number of halogens is 4. The van der Waals surface area contributed by atoms with Gasteiger partial charge in [0, 0.05) is 17.2 Å². The minimum Gasteiger partial charge on any atom is -0.496 e. The average molecular weight is 493 g/mol. The number of carbonyl (C=O) groups is 2. The molecule has 35 heavy (non-hydrogen) atoms. The van der Waals surface area contributed by atoms with Crippen molar-refractivity contribution in [3.05, 3.63) is 65.5 Å². The molecule has 1 N–H and O–H groups in total. The summed E-state index contributed by atoms with van der Waals surface area (Å²) in [5.74, 6) is -3.53. The average Bonchev–Trinajstić information content (AvgIpc) is 3.43. The van der Waals surface area contributed by atoms with Crippen LogP contribution in [0.5, 0.6) is 5.75 Å². The van der Waals surface area contributed by atoms with Crippen molar-refractivity contribution in [2.24, 2.45) is 5.92 Å². The fourth-order valence-corrected chi connectivity index (χ4v) is 4.94. The number of nitrogens with one attached hydrogen (secondary N) is 1. The van der Waals surface area contributed by atoms with Gasteiger partial charge in [0.1, 0.15) is 11.6 Å². The van der Waals surface area contributed by atoms with E-state index >= 15 is 0 Å². The number of anilines is 1. The van der Waals surface area contributed by atoms with E-state index in [1.54, 1.807) is 12.1 Å². The number of alkyl halides is 3. The Hall–Kier alpha value is -3.40. The number of methoxy groups -OCH3 is 2. The molecule has 4 rings (SSSR count). The van der Waals surface area contributed by atoms with Crippen molar-refractivity contribution in [2.75, 3.05) is 26.1 Å². The lowest BCUT2D eigenvalue weighted by Crippen LogP contribution is -2.34. The molecule has 1 fully saturated rings. The van der Waals surface area contributed by atoms with Gasteiger partial charge in [-0.1, -0.05) is 12.1 Å². The van der Waals surface area contributed by atoms with Gasteiger partial charge in [-0.2, -0.15) is 13.2 Å². The lowest BCUT2D eigenvalue weighted by atomic mass is 9.79. The Bertz CT molecular complexity index is 1160. The number of esters is 1. The maximum atomic E-state index is 13.6. The fourth-order valence-electron chi connectivity index (χ4n) is 4.94. The van der Waals surface area contributed by atoms with Crippen LogP contribution in [0.2, 0.25) is 0 Å². The van der Waals surface area contributed by atoms with Crippen LogP contribution in [0, 0.1) is 11.7 Å². The Kier molecular flexibility index (Phi) is 6.59. The zero-order valence-corrected chi connectivity index (χ0v) is 18.9. The van der Waals surface area contributed by atoms with E-state index in [1.165, 1.54) is 44.6 Å². The summed E-state index contributed by atoms with van der Waals surface area (Å²) >= 11 is 0. The third kappa shape index (κ3) is 4.75. The normalized spacial score (nSPS) is 23.8. The van der Waals surface area contributed by atoms with E-state index in [4.69, 9.17) is 14.2 Å². The molecule has 2 aromatic rings. The topological polar surface area (TPSA) is 73.9 Å². The maximum absolute atomic E-state index is 13.6. The Morgan fingerprint density at radius 1 is 1.11 bits per heavy atom. The number of rotatable bonds is 5. The molecule has 10 heteroatoms. The molecule has 1 saturated carbocycles. The van der Waals surface area contributed by atoms with E-state index in [1.807, 2.05) is 11.4 Å². The number of hydrogen-bond acceptors (Lipinski definition) is 5. The van der Waals surface area contributed by atoms with Crippen LogP contribution in [0.25, 0.3) is 5.57 Å². The maximum Gasteiger partial charge on any atom is 0.471 e. The van der Waals surface area contributed by atoms with E-state index in [9.17, 15) is 27.2 Å². The predicted molar refractivity (Wildman–Crippen MR) is 118 cm³/mol. The molecule has 0 bridgehead atoms. The van der Waals surface area contributed by atoms with Crippen LogP contribution in [0.3, 0.4) is 0 Å². The van der Waals surface area contributed by atoms with Crippen molar-refractivity contribution < 1.29 is 41.4 Å². The lowest BCUT2D eigenvalue weighted by molar-refractivity contribution is -0.167. The van der Waals surface area contributed by atoms with E-state index in [0.29, 0.717) is 35.3 Å². The molecule has 1 heterocycles. The molecule has 1 aliphatic carbocycles. The highest BCUT2D eigenvalue weighted by molar-refractivity contribution is 5.95. The molecule has 0 radical (unpaired) electrons. The first-order chi connectivity index (χ1) is 16.6. The third-order valence-corrected chi connectivity index (χ3v) is 6.48. The molecule has 0 saturated heterocycles. The van der Waals surface area contributed by atoms with E-state index in [2.05, 4.69) is 0 Å². The van der Waals surface area contributed by atoms with Crippen LogP contribution in [0.15, 0.2) is 48.5 Å². The van der Waals surface area contributed by atoms with Gasteiger partial charge >= 0.3 is 18.1 Å². The van der Waals surface area contributed by atoms with Crippen molar-refractivity contribution in [3.63, 3.8) is 0 Å². The highest BCUT2D eigenvalue weighted by atomic mass is 19.4. The second-order valence-electron chi connectivity index (χ2n) is 8.48. The molecule has 186 valence electrons. The van der Waals surface area contributed by atoms with Crippen molar-refractivity contribution in [1.29, 1.82) is 0 Å². The highest BCUT2D eigenvalue weighted by Crippen LogP contribution is 2.54. The van der Waals surface area contributed by atoms with Crippen molar-refractivity contribution in [2.45, 2.75) is 30.5 Å². The molecule has 2 aromatic carbocycles. The van der Waals surface area contributed by atoms with Gasteiger partial charge in [-0.15, -0.1) is 0 Å². The van der Waals surface area contributed by atoms with Gasteiger partial charge in [-0.3, -0.25) is 9.59 Å². The quantitative estimate of drug-likeness (QED) is 0.476. The first-order valence-corrected chi connectivity index (χ1v) is 10.8. The molecule has 0 aromatic heterocycles. The summed E-state index contributed by atoms with van der Waals surface area (Å²) in [5.41, 5.74) is 0.808. The predicted octanol–water partition coefficient (Wildman–Crippen LogP) is 4.85. The zero-order chi connectivity index (χ0) is 25.4. The van der Waals surface area contributed by atoms with Gasteiger partial charge in [0.2, 0.25) is 0 Å². The largest absolute Gasteiger partial charge is 0.496 e. The van der Waals surface area contributed by atoms with Crippen molar-refractivity contribution >= 4 is 23.1 Å². The summed E-state index contributed by atoms with van der Waals surface area (Å²) in [6, 6.07) is 9.98. The summed E-state index contributed by atoms with van der Waals surface area (Å²) in [6.45, 7) is 0.0959. The lowest BCUT2D eigenvalue weighted by Gasteiger charge is -2.31. The minimum atomic E-state index is -5.03.